The van der Waals surface area contributed by atoms with Gasteiger partial charge < -0.3 is 9.84 Å². The monoisotopic (exact) mass is 293 g/mol. The Morgan fingerprint density at radius 2 is 2.15 bits per heavy atom. The van der Waals surface area contributed by atoms with E-state index in [0.29, 0.717) is 11.3 Å². The number of carboxylic acids is 1. The van der Waals surface area contributed by atoms with Crippen molar-refractivity contribution in [1.82, 2.24) is 4.98 Å². The third kappa shape index (κ3) is 3.80. The molecule has 0 unspecified atom stereocenters. The van der Waals surface area contributed by atoms with Gasteiger partial charge >= 0.3 is 5.97 Å². The topological polar surface area (TPSA) is 59.4 Å². The number of aliphatic carboxylic acids is 1. The lowest BCUT2D eigenvalue weighted by Crippen LogP contribution is -1.89. The van der Waals surface area contributed by atoms with Crippen LogP contribution >= 0.6 is 11.6 Å². The van der Waals surface area contributed by atoms with Gasteiger partial charge in [-0.15, -0.1) is 0 Å². The molecule has 20 heavy (non-hydrogen) atoms. The normalized spacial score (nSPS) is 10.7. The molecule has 0 radical (unpaired) electrons. The van der Waals surface area contributed by atoms with Crippen LogP contribution in [0.3, 0.4) is 0 Å². The van der Waals surface area contributed by atoms with Crippen LogP contribution in [-0.2, 0) is 4.79 Å². The van der Waals surface area contributed by atoms with E-state index in [9.17, 15) is 9.18 Å². The molecule has 0 aliphatic rings. The molecule has 6 heteroatoms. The van der Waals surface area contributed by atoms with Crippen molar-refractivity contribution in [3.05, 3.63) is 59.1 Å². The molecular weight excluding hydrogens is 285 g/mol. The summed E-state index contributed by atoms with van der Waals surface area (Å²) in [7, 11) is 0. The minimum atomic E-state index is -1.06. The number of ether oxygens (including phenoxy) is 1. The van der Waals surface area contributed by atoms with Crippen molar-refractivity contribution in [3.63, 3.8) is 0 Å². The van der Waals surface area contributed by atoms with Crippen LogP contribution < -0.4 is 4.74 Å². The van der Waals surface area contributed by atoms with Gasteiger partial charge in [0.25, 0.3) is 0 Å². The number of pyridine rings is 1. The molecule has 2 rings (SSSR count). The van der Waals surface area contributed by atoms with Crippen molar-refractivity contribution in [2.45, 2.75) is 0 Å². The quantitative estimate of drug-likeness (QED) is 0.872. The number of rotatable bonds is 4. The van der Waals surface area contributed by atoms with Gasteiger partial charge in [0.1, 0.15) is 17.3 Å². The lowest BCUT2D eigenvalue weighted by atomic mass is 10.2. The first kappa shape index (κ1) is 14.0. The maximum absolute atomic E-state index is 12.9. The summed E-state index contributed by atoms with van der Waals surface area (Å²) in [5, 5.41) is 8.69. The molecule has 1 aromatic carbocycles. The number of hydrogen-bond donors (Lipinski definition) is 1. The Morgan fingerprint density at radius 3 is 2.85 bits per heavy atom. The van der Waals surface area contributed by atoms with Crippen LogP contribution in [0.15, 0.2) is 42.7 Å². The van der Waals surface area contributed by atoms with E-state index >= 15 is 0 Å². The molecule has 0 aliphatic heterocycles. The zero-order chi connectivity index (χ0) is 14.5. The summed E-state index contributed by atoms with van der Waals surface area (Å²) < 4.78 is 18.4. The molecule has 0 spiro atoms. The highest BCUT2D eigenvalue weighted by molar-refractivity contribution is 6.32. The fraction of sp³-hybridized carbons (Fsp3) is 0. The van der Waals surface area contributed by atoms with Crippen LogP contribution in [0.25, 0.3) is 6.08 Å². The second kappa shape index (κ2) is 6.16. The predicted molar refractivity (Wildman–Crippen MR) is 72.4 cm³/mol. The third-order valence-electron chi connectivity index (χ3n) is 2.27. The van der Waals surface area contributed by atoms with Crippen LogP contribution in [0.1, 0.15) is 5.56 Å². The SMILES string of the molecule is O=C(O)/C=C/c1cncc(Oc2ccc(F)cc2Cl)c1. The molecule has 0 aliphatic carbocycles. The first-order chi connectivity index (χ1) is 9.54. The fourth-order valence-electron chi connectivity index (χ4n) is 1.44. The summed E-state index contributed by atoms with van der Waals surface area (Å²) >= 11 is 5.84. The lowest BCUT2D eigenvalue weighted by Gasteiger charge is -2.07. The standard InChI is InChI=1S/C14H9ClFNO3/c15-12-6-10(16)2-3-13(12)20-11-5-9(7-17-8-11)1-4-14(18)19/h1-8H,(H,18,19)/b4-1+. The van der Waals surface area contributed by atoms with Crippen molar-refractivity contribution >= 4 is 23.6 Å². The highest BCUT2D eigenvalue weighted by atomic mass is 35.5. The van der Waals surface area contributed by atoms with Gasteiger partial charge in [-0.05, 0) is 35.9 Å². The summed E-state index contributed by atoms with van der Waals surface area (Å²) in [6.07, 6.45) is 5.30. The van der Waals surface area contributed by atoms with E-state index in [4.69, 9.17) is 21.4 Å². The Labute approximate surface area is 119 Å². The van der Waals surface area contributed by atoms with Gasteiger partial charge in [0.05, 0.1) is 11.2 Å². The number of halogens is 2. The van der Waals surface area contributed by atoms with Gasteiger partial charge in [0.15, 0.2) is 0 Å². The van der Waals surface area contributed by atoms with Crippen LogP contribution in [0.4, 0.5) is 4.39 Å². The molecule has 1 heterocycles. The number of benzene rings is 1. The number of aromatic nitrogens is 1. The Morgan fingerprint density at radius 1 is 1.35 bits per heavy atom. The van der Waals surface area contributed by atoms with Crippen molar-refractivity contribution in [2.24, 2.45) is 0 Å². The highest BCUT2D eigenvalue weighted by Crippen LogP contribution is 2.29. The average Bonchev–Trinajstić information content (AvgIpc) is 2.40. The van der Waals surface area contributed by atoms with E-state index in [2.05, 4.69) is 4.98 Å². The summed E-state index contributed by atoms with van der Waals surface area (Å²) in [6.45, 7) is 0. The highest BCUT2D eigenvalue weighted by Gasteiger charge is 2.05. The van der Waals surface area contributed by atoms with E-state index in [1.165, 1.54) is 30.6 Å². The van der Waals surface area contributed by atoms with Gasteiger partial charge in [0, 0.05) is 12.3 Å². The largest absolute Gasteiger partial charge is 0.478 e. The minimum Gasteiger partial charge on any atom is -0.478 e. The van der Waals surface area contributed by atoms with Crippen LogP contribution in [0.5, 0.6) is 11.5 Å². The number of hydrogen-bond acceptors (Lipinski definition) is 3. The molecule has 1 aromatic heterocycles. The van der Waals surface area contributed by atoms with Crippen LogP contribution in [0, 0.1) is 5.82 Å². The van der Waals surface area contributed by atoms with Gasteiger partial charge in [-0.2, -0.15) is 0 Å². The van der Waals surface area contributed by atoms with Gasteiger partial charge in [-0.3, -0.25) is 4.98 Å². The maximum atomic E-state index is 12.9. The Balaban J connectivity index is 2.21. The zero-order valence-corrected chi connectivity index (χ0v) is 10.8. The predicted octanol–water partition coefficient (Wildman–Crippen LogP) is 3.76. The molecule has 0 saturated carbocycles. The number of nitrogens with zero attached hydrogens (tertiary/aromatic N) is 1. The van der Waals surface area contributed by atoms with E-state index < -0.39 is 11.8 Å². The summed E-state index contributed by atoms with van der Waals surface area (Å²) in [4.78, 5) is 14.4. The Bertz CT molecular complexity index is 673. The van der Waals surface area contributed by atoms with Crippen molar-refractivity contribution < 1.29 is 19.0 Å². The van der Waals surface area contributed by atoms with E-state index in [-0.39, 0.29) is 10.8 Å². The first-order valence-electron chi connectivity index (χ1n) is 5.53. The maximum Gasteiger partial charge on any atom is 0.328 e. The summed E-state index contributed by atoms with van der Waals surface area (Å²) in [6, 6.07) is 5.35. The molecule has 4 nitrogen and oxygen atoms in total. The summed E-state index contributed by atoms with van der Waals surface area (Å²) in [5.41, 5.74) is 0.558. The zero-order valence-electron chi connectivity index (χ0n) is 10.1. The van der Waals surface area contributed by atoms with E-state index in [1.807, 2.05) is 0 Å². The van der Waals surface area contributed by atoms with Gasteiger partial charge in [0.2, 0.25) is 0 Å². The second-order valence-electron chi connectivity index (χ2n) is 3.80. The summed E-state index contributed by atoms with van der Waals surface area (Å²) in [5.74, 6) is -0.864. The van der Waals surface area contributed by atoms with Crippen LogP contribution in [0.2, 0.25) is 5.02 Å². The molecule has 2 aromatic rings. The Kier molecular flexibility index (Phi) is 4.32. The molecule has 0 bridgehead atoms. The fourth-order valence-corrected chi connectivity index (χ4v) is 1.64. The first-order valence-corrected chi connectivity index (χ1v) is 5.91. The van der Waals surface area contributed by atoms with Gasteiger partial charge in [-0.1, -0.05) is 11.6 Å². The van der Waals surface area contributed by atoms with E-state index in [1.54, 1.807) is 6.07 Å². The van der Waals surface area contributed by atoms with Crippen molar-refractivity contribution in [3.8, 4) is 11.5 Å². The van der Waals surface area contributed by atoms with Gasteiger partial charge in [-0.25, -0.2) is 9.18 Å². The second-order valence-corrected chi connectivity index (χ2v) is 4.21. The molecule has 0 saturated heterocycles. The average molecular weight is 294 g/mol. The smallest absolute Gasteiger partial charge is 0.328 e. The number of carbonyl (C=O) groups is 1. The Hall–Kier alpha value is -2.40. The molecular formula is C14H9ClFNO3. The molecule has 0 fully saturated rings. The number of carboxylic acid groups (broad SMARTS) is 1. The third-order valence-corrected chi connectivity index (χ3v) is 2.57. The lowest BCUT2D eigenvalue weighted by molar-refractivity contribution is -0.131. The van der Waals surface area contributed by atoms with E-state index in [0.717, 1.165) is 12.1 Å². The van der Waals surface area contributed by atoms with Crippen molar-refractivity contribution in [1.29, 1.82) is 0 Å². The molecule has 0 amide bonds. The molecule has 1 N–H and O–H groups in total. The molecule has 102 valence electrons. The van der Waals surface area contributed by atoms with Crippen molar-refractivity contribution in [2.75, 3.05) is 0 Å². The van der Waals surface area contributed by atoms with Crippen LogP contribution in [-0.4, -0.2) is 16.1 Å². The molecule has 0 atom stereocenters. The minimum absolute atomic E-state index is 0.136.